The van der Waals surface area contributed by atoms with Crippen LogP contribution in [-0.4, -0.2) is 54.0 Å². The largest absolute Gasteiger partial charge is 0.506 e. The number of pyridine rings is 1. The summed E-state index contributed by atoms with van der Waals surface area (Å²) in [5.74, 6) is -0.358. The minimum absolute atomic E-state index is 0.00905. The van der Waals surface area contributed by atoms with Gasteiger partial charge in [-0.1, -0.05) is 51.5 Å². The monoisotopic (exact) mass is 532 g/mol. The van der Waals surface area contributed by atoms with Crippen molar-refractivity contribution < 1.29 is 24.5 Å². The van der Waals surface area contributed by atoms with E-state index in [9.17, 15) is 15.0 Å². The third-order valence-electron chi connectivity index (χ3n) is 6.19. The van der Waals surface area contributed by atoms with Gasteiger partial charge in [0, 0.05) is 23.4 Å². The number of benzene rings is 2. The summed E-state index contributed by atoms with van der Waals surface area (Å²) in [7, 11) is 1.56. The van der Waals surface area contributed by atoms with E-state index in [1.807, 2.05) is 24.3 Å². The number of methoxy groups -OCH3 is 1. The summed E-state index contributed by atoms with van der Waals surface area (Å²) in [6.07, 6.45) is 2.23. The number of hydrogen-bond donors (Lipinski definition) is 3. The quantitative estimate of drug-likeness (QED) is 0.123. The Morgan fingerprint density at radius 3 is 2.54 bits per heavy atom. The van der Waals surface area contributed by atoms with Gasteiger partial charge in [0.05, 0.1) is 19.3 Å². The van der Waals surface area contributed by atoms with Crippen molar-refractivity contribution in [3.63, 3.8) is 0 Å². The molecule has 9 nitrogen and oxygen atoms in total. The fourth-order valence-corrected chi connectivity index (χ4v) is 4.11. The van der Waals surface area contributed by atoms with Crippen LogP contribution in [0.1, 0.15) is 66.7 Å². The summed E-state index contributed by atoms with van der Waals surface area (Å²) in [6.45, 7) is 9.73. The lowest BCUT2D eigenvalue weighted by Gasteiger charge is -2.19. The zero-order valence-electron chi connectivity index (χ0n) is 22.9. The highest BCUT2D eigenvalue weighted by atomic mass is 16.5. The van der Waals surface area contributed by atoms with Gasteiger partial charge in [-0.3, -0.25) is 4.79 Å². The highest BCUT2D eigenvalue weighted by molar-refractivity contribution is 6.02. The molecule has 1 amide bonds. The summed E-state index contributed by atoms with van der Waals surface area (Å²) < 4.78 is 11.4. The van der Waals surface area contributed by atoms with Crippen molar-refractivity contribution in [3.05, 3.63) is 70.9 Å². The van der Waals surface area contributed by atoms with Crippen molar-refractivity contribution in [1.29, 1.82) is 0 Å². The summed E-state index contributed by atoms with van der Waals surface area (Å²) in [6, 6.07) is 14.6. The van der Waals surface area contributed by atoms with E-state index < -0.39 is 5.88 Å². The zero-order valence-corrected chi connectivity index (χ0v) is 22.9. The Hall–Kier alpha value is -4.40. The number of aromatic hydroxyl groups is 2. The van der Waals surface area contributed by atoms with Crippen LogP contribution < -0.4 is 10.1 Å². The normalized spacial score (nSPS) is 11.4. The SMILES string of the molecule is C=N/N=C(\OCCNC(=O)c1ccccc1)c1c(O)nc(CCCC)c(-c2cc(C(C)C)ccc2OC)c1O. The molecular formula is C30H36N4O5. The second-order valence-electron chi connectivity index (χ2n) is 9.22. The molecule has 2 aromatic carbocycles. The van der Waals surface area contributed by atoms with Crippen molar-refractivity contribution in [3.8, 4) is 28.5 Å². The number of carbonyl (C=O) groups excluding carboxylic acids is 1. The van der Waals surface area contributed by atoms with Crippen molar-refractivity contribution >= 4 is 18.5 Å². The van der Waals surface area contributed by atoms with Crippen LogP contribution >= 0.6 is 0 Å². The van der Waals surface area contributed by atoms with Crippen LogP contribution in [0.25, 0.3) is 11.1 Å². The molecular weight excluding hydrogens is 496 g/mol. The van der Waals surface area contributed by atoms with Gasteiger partial charge in [0.15, 0.2) is 0 Å². The first-order valence-electron chi connectivity index (χ1n) is 12.9. The van der Waals surface area contributed by atoms with Gasteiger partial charge in [-0.2, -0.15) is 5.10 Å². The van der Waals surface area contributed by atoms with E-state index in [1.54, 1.807) is 31.4 Å². The molecule has 3 aromatic rings. The number of aryl methyl sites for hydroxylation is 1. The molecule has 0 saturated carbocycles. The number of amides is 1. The van der Waals surface area contributed by atoms with Crippen LogP contribution in [0.4, 0.5) is 0 Å². The molecule has 0 aliphatic heterocycles. The van der Waals surface area contributed by atoms with Gasteiger partial charge in [-0.25, -0.2) is 4.98 Å². The third-order valence-corrected chi connectivity index (χ3v) is 6.19. The molecule has 0 bridgehead atoms. The van der Waals surface area contributed by atoms with Crippen molar-refractivity contribution in [2.24, 2.45) is 10.2 Å². The van der Waals surface area contributed by atoms with E-state index in [4.69, 9.17) is 9.47 Å². The van der Waals surface area contributed by atoms with Crippen molar-refractivity contribution in [2.45, 2.75) is 46.0 Å². The summed E-state index contributed by atoms with van der Waals surface area (Å²) in [4.78, 5) is 16.8. The molecule has 1 aromatic heterocycles. The molecule has 3 N–H and O–H groups in total. The van der Waals surface area contributed by atoms with Gasteiger partial charge in [0.1, 0.15) is 23.7 Å². The predicted octanol–water partition coefficient (Wildman–Crippen LogP) is 5.44. The molecule has 0 fully saturated rings. The Bertz CT molecular complexity index is 1320. The fraction of sp³-hybridized carbons (Fsp3) is 0.333. The molecule has 0 unspecified atom stereocenters. The van der Waals surface area contributed by atoms with Crippen LogP contribution in [0.15, 0.2) is 58.7 Å². The summed E-state index contributed by atoms with van der Waals surface area (Å²) in [5, 5.41) is 32.7. The van der Waals surface area contributed by atoms with E-state index in [2.05, 4.69) is 48.0 Å². The highest BCUT2D eigenvalue weighted by Gasteiger charge is 2.27. The zero-order chi connectivity index (χ0) is 28.4. The first-order valence-corrected chi connectivity index (χ1v) is 12.9. The molecule has 3 rings (SSSR count). The molecule has 0 aliphatic rings. The molecule has 0 aliphatic carbocycles. The lowest BCUT2D eigenvalue weighted by molar-refractivity contribution is 0.0946. The van der Waals surface area contributed by atoms with E-state index in [1.165, 1.54) is 0 Å². The van der Waals surface area contributed by atoms with Crippen molar-refractivity contribution in [1.82, 2.24) is 10.3 Å². The molecule has 1 heterocycles. The molecule has 0 radical (unpaired) electrons. The first-order chi connectivity index (χ1) is 18.8. The molecule has 0 atom stereocenters. The average Bonchev–Trinajstić information content (AvgIpc) is 2.94. The number of unbranched alkanes of at least 4 members (excludes halogenated alkanes) is 1. The minimum atomic E-state index is -0.447. The third kappa shape index (κ3) is 7.13. The second-order valence-corrected chi connectivity index (χ2v) is 9.22. The summed E-state index contributed by atoms with van der Waals surface area (Å²) in [5.41, 5.74) is 3.03. The number of hydrogen-bond acceptors (Lipinski definition) is 8. The smallest absolute Gasteiger partial charge is 0.251 e. The molecule has 0 spiro atoms. The number of carbonyl (C=O) groups is 1. The Labute approximate surface area is 229 Å². The molecule has 39 heavy (non-hydrogen) atoms. The van der Waals surface area contributed by atoms with E-state index in [0.29, 0.717) is 34.6 Å². The Morgan fingerprint density at radius 1 is 1.15 bits per heavy atom. The van der Waals surface area contributed by atoms with Crippen LogP contribution in [-0.2, 0) is 11.2 Å². The number of aromatic nitrogens is 1. The van der Waals surface area contributed by atoms with E-state index >= 15 is 0 Å². The van der Waals surface area contributed by atoms with Crippen LogP contribution in [0.2, 0.25) is 0 Å². The topological polar surface area (TPSA) is 126 Å². The standard InChI is InChI=1S/C30H36N4O5/c1-6-7-13-23-25(22-18-21(19(2)3)14-15-24(22)38-5)27(35)26(29(37)33-23)30(34-31-4)39-17-16-32-28(36)20-11-9-8-10-12-20/h8-12,14-15,18-19H,4,6-7,13,16-17H2,1-3,5H3,(H,32,36)(H2,33,35,37)/b34-30-. The Kier molecular flexibility index (Phi) is 10.4. The maximum absolute atomic E-state index is 12.3. The van der Waals surface area contributed by atoms with E-state index in [0.717, 1.165) is 18.4 Å². The lowest BCUT2D eigenvalue weighted by Crippen LogP contribution is -2.28. The number of rotatable bonds is 12. The lowest BCUT2D eigenvalue weighted by atomic mass is 9.92. The summed E-state index contributed by atoms with van der Waals surface area (Å²) >= 11 is 0. The van der Waals surface area contributed by atoms with Crippen molar-refractivity contribution in [2.75, 3.05) is 20.3 Å². The van der Waals surface area contributed by atoms with E-state index in [-0.39, 0.29) is 42.2 Å². The predicted molar refractivity (Wildman–Crippen MR) is 153 cm³/mol. The van der Waals surface area contributed by atoms with Gasteiger partial charge in [-0.15, -0.1) is 5.10 Å². The van der Waals surface area contributed by atoms with Gasteiger partial charge in [0.25, 0.3) is 5.91 Å². The Balaban J connectivity index is 2.00. The van der Waals surface area contributed by atoms with Gasteiger partial charge < -0.3 is 25.0 Å². The molecule has 0 saturated heterocycles. The van der Waals surface area contributed by atoms with Gasteiger partial charge in [-0.05, 0) is 48.6 Å². The second kappa shape index (κ2) is 13.9. The van der Waals surface area contributed by atoms with Gasteiger partial charge >= 0.3 is 0 Å². The maximum atomic E-state index is 12.3. The van der Waals surface area contributed by atoms with Crippen LogP contribution in [0.3, 0.4) is 0 Å². The molecule has 206 valence electrons. The Morgan fingerprint density at radius 2 is 1.90 bits per heavy atom. The van der Waals surface area contributed by atoms with Gasteiger partial charge in [0.2, 0.25) is 11.8 Å². The number of nitrogens with one attached hydrogen (secondary N) is 1. The minimum Gasteiger partial charge on any atom is -0.506 e. The average molecular weight is 533 g/mol. The van der Waals surface area contributed by atoms with Crippen LogP contribution in [0.5, 0.6) is 17.4 Å². The maximum Gasteiger partial charge on any atom is 0.251 e. The number of nitrogens with zero attached hydrogens (tertiary/aromatic N) is 3. The first kappa shape index (κ1) is 29.2. The number of ether oxygens (including phenoxy) is 2. The highest BCUT2D eigenvalue weighted by Crippen LogP contribution is 2.44. The molecule has 9 heteroatoms. The fourth-order valence-electron chi connectivity index (χ4n) is 4.11. The van der Waals surface area contributed by atoms with Crippen LogP contribution in [0, 0.1) is 0 Å².